The topological polar surface area (TPSA) is 69.4 Å². The molecule has 1 aliphatic heterocycles. The van der Waals surface area contributed by atoms with Crippen LogP contribution in [0.1, 0.15) is 51.2 Å². The van der Waals surface area contributed by atoms with Crippen LogP contribution in [0.25, 0.3) is 0 Å². The van der Waals surface area contributed by atoms with Crippen molar-refractivity contribution < 1.29 is 14.0 Å². The predicted molar refractivity (Wildman–Crippen MR) is 79.1 cm³/mol. The summed E-state index contributed by atoms with van der Waals surface area (Å²) in [5, 5.41) is 7.60. The fourth-order valence-corrected chi connectivity index (χ4v) is 2.59. The molecule has 120 valence electrons. The molecule has 1 aliphatic rings. The average Bonchev–Trinajstić information content (AvgIpc) is 3.01. The van der Waals surface area contributed by atoms with Crippen molar-refractivity contribution in [3.05, 3.63) is 11.7 Å². The molecule has 0 radical (unpaired) electrons. The van der Waals surface area contributed by atoms with Crippen molar-refractivity contribution in [3.8, 4) is 0 Å². The van der Waals surface area contributed by atoms with Crippen LogP contribution in [0.15, 0.2) is 4.52 Å². The highest BCUT2D eigenvalue weighted by molar-refractivity contribution is 5.03. The lowest BCUT2D eigenvalue weighted by molar-refractivity contribution is -0.101. The van der Waals surface area contributed by atoms with Gasteiger partial charge in [-0.25, -0.2) is 0 Å². The van der Waals surface area contributed by atoms with E-state index >= 15 is 0 Å². The highest BCUT2D eigenvalue weighted by atomic mass is 16.5. The second kappa shape index (κ2) is 7.87. The highest BCUT2D eigenvalue weighted by Gasteiger charge is 2.39. The molecule has 1 unspecified atom stereocenters. The summed E-state index contributed by atoms with van der Waals surface area (Å²) in [5.74, 6) is 1.36. The number of ether oxygens (including phenoxy) is 2. The largest absolute Gasteiger partial charge is 0.381 e. The number of hydrogen-bond donors (Lipinski definition) is 1. The van der Waals surface area contributed by atoms with E-state index in [-0.39, 0.29) is 0 Å². The summed E-state index contributed by atoms with van der Waals surface area (Å²) in [7, 11) is 1.71. The Hall–Kier alpha value is -0.980. The first-order valence-corrected chi connectivity index (χ1v) is 7.89. The maximum absolute atomic E-state index is 5.68. The van der Waals surface area contributed by atoms with Gasteiger partial charge >= 0.3 is 0 Å². The van der Waals surface area contributed by atoms with E-state index in [4.69, 9.17) is 14.0 Å². The third-order valence-corrected chi connectivity index (χ3v) is 4.10. The summed E-state index contributed by atoms with van der Waals surface area (Å²) in [4.78, 5) is 4.54. The van der Waals surface area contributed by atoms with E-state index in [9.17, 15) is 0 Å². The van der Waals surface area contributed by atoms with Crippen LogP contribution in [0.2, 0.25) is 0 Å². The van der Waals surface area contributed by atoms with Gasteiger partial charge in [-0.2, -0.15) is 4.98 Å². The van der Waals surface area contributed by atoms with Gasteiger partial charge in [0.2, 0.25) is 11.7 Å². The minimum absolute atomic E-state index is 0.438. The zero-order chi connectivity index (χ0) is 15.1. The minimum Gasteiger partial charge on any atom is -0.381 e. The Morgan fingerprint density at radius 2 is 2.14 bits per heavy atom. The summed E-state index contributed by atoms with van der Waals surface area (Å²) < 4.78 is 16.5. The normalized spacial score (nSPS) is 19.6. The molecule has 2 heterocycles. The molecule has 0 aromatic carbocycles. The Morgan fingerprint density at radius 1 is 1.38 bits per heavy atom. The van der Waals surface area contributed by atoms with E-state index in [2.05, 4.69) is 29.3 Å². The quantitative estimate of drug-likeness (QED) is 0.792. The van der Waals surface area contributed by atoms with Crippen molar-refractivity contribution in [3.63, 3.8) is 0 Å². The molecular formula is C15H27N3O3. The van der Waals surface area contributed by atoms with E-state index in [1.807, 2.05) is 0 Å². The number of hydrogen-bond acceptors (Lipinski definition) is 6. The van der Waals surface area contributed by atoms with Crippen molar-refractivity contribution in [2.45, 2.75) is 57.6 Å². The molecule has 1 atom stereocenters. The van der Waals surface area contributed by atoms with Crippen LogP contribution in [-0.2, 0) is 21.5 Å². The van der Waals surface area contributed by atoms with E-state index in [0.29, 0.717) is 31.0 Å². The van der Waals surface area contributed by atoms with E-state index < -0.39 is 5.60 Å². The van der Waals surface area contributed by atoms with Gasteiger partial charge in [0.05, 0.1) is 0 Å². The van der Waals surface area contributed by atoms with Gasteiger partial charge in [0.25, 0.3) is 0 Å². The number of methoxy groups -OCH3 is 1. The standard InChI is InChI=1S/C15H27N3O3/c1-4-9-16-12(2)5-6-13-17-14(18-21-13)15(19-3)7-10-20-11-8-15/h12,16H,4-11H2,1-3H3. The van der Waals surface area contributed by atoms with Crippen LogP contribution in [0.3, 0.4) is 0 Å². The molecule has 1 fully saturated rings. The lowest BCUT2D eigenvalue weighted by atomic mass is 9.93. The molecule has 2 rings (SSSR count). The van der Waals surface area contributed by atoms with Gasteiger partial charge in [-0.15, -0.1) is 0 Å². The molecule has 0 spiro atoms. The van der Waals surface area contributed by atoms with Gasteiger partial charge in [0, 0.05) is 45.6 Å². The third-order valence-electron chi connectivity index (χ3n) is 4.10. The van der Waals surface area contributed by atoms with E-state index in [1.165, 1.54) is 0 Å². The van der Waals surface area contributed by atoms with Crippen LogP contribution in [-0.4, -0.2) is 43.1 Å². The van der Waals surface area contributed by atoms with Crippen LogP contribution in [0.4, 0.5) is 0 Å². The van der Waals surface area contributed by atoms with Gasteiger partial charge in [-0.3, -0.25) is 0 Å². The Morgan fingerprint density at radius 3 is 2.81 bits per heavy atom. The smallest absolute Gasteiger partial charge is 0.226 e. The monoisotopic (exact) mass is 297 g/mol. The molecule has 1 N–H and O–H groups in total. The van der Waals surface area contributed by atoms with Gasteiger partial charge in [0.15, 0.2) is 0 Å². The summed E-state index contributed by atoms with van der Waals surface area (Å²) in [6.45, 7) is 6.75. The van der Waals surface area contributed by atoms with Gasteiger partial charge in [0.1, 0.15) is 5.60 Å². The lowest BCUT2D eigenvalue weighted by Crippen LogP contribution is -2.36. The number of nitrogens with zero attached hydrogens (tertiary/aromatic N) is 2. The highest BCUT2D eigenvalue weighted by Crippen LogP contribution is 2.33. The molecule has 1 aromatic rings. The molecule has 1 saturated heterocycles. The molecule has 21 heavy (non-hydrogen) atoms. The SMILES string of the molecule is CCCNC(C)CCc1nc(C2(OC)CCOCC2)no1. The first kappa shape index (κ1) is 16.4. The maximum atomic E-state index is 5.68. The van der Waals surface area contributed by atoms with E-state index in [1.54, 1.807) is 7.11 Å². The van der Waals surface area contributed by atoms with Crippen molar-refractivity contribution in [2.24, 2.45) is 0 Å². The van der Waals surface area contributed by atoms with Crippen molar-refractivity contribution in [1.82, 2.24) is 15.5 Å². The number of nitrogens with one attached hydrogen (secondary N) is 1. The Kier molecular flexibility index (Phi) is 6.14. The molecule has 0 amide bonds. The Labute approximate surface area is 126 Å². The van der Waals surface area contributed by atoms with E-state index in [0.717, 1.165) is 38.6 Å². The maximum Gasteiger partial charge on any atom is 0.226 e. The molecule has 6 heteroatoms. The summed E-state index contributed by atoms with van der Waals surface area (Å²) >= 11 is 0. The second-order valence-corrected chi connectivity index (χ2v) is 5.72. The molecule has 1 aromatic heterocycles. The predicted octanol–water partition coefficient (Wildman–Crippen LogP) is 2.04. The number of aryl methyl sites for hydroxylation is 1. The van der Waals surface area contributed by atoms with Crippen LogP contribution >= 0.6 is 0 Å². The Balaban J connectivity index is 1.91. The molecule has 0 aliphatic carbocycles. The zero-order valence-corrected chi connectivity index (χ0v) is 13.4. The zero-order valence-electron chi connectivity index (χ0n) is 13.4. The van der Waals surface area contributed by atoms with Crippen molar-refractivity contribution in [1.29, 1.82) is 0 Å². The first-order chi connectivity index (χ1) is 10.2. The van der Waals surface area contributed by atoms with Crippen molar-refractivity contribution >= 4 is 0 Å². The van der Waals surface area contributed by atoms with Gasteiger partial charge < -0.3 is 19.3 Å². The fourth-order valence-electron chi connectivity index (χ4n) is 2.59. The van der Waals surface area contributed by atoms with Crippen LogP contribution < -0.4 is 5.32 Å². The lowest BCUT2D eigenvalue weighted by Gasteiger charge is -2.32. The average molecular weight is 297 g/mol. The summed E-state index contributed by atoms with van der Waals surface area (Å²) in [6.07, 6.45) is 4.48. The van der Waals surface area contributed by atoms with Gasteiger partial charge in [-0.05, 0) is 26.3 Å². The minimum atomic E-state index is -0.438. The summed E-state index contributed by atoms with van der Waals surface area (Å²) in [5.41, 5.74) is -0.438. The van der Waals surface area contributed by atoms with Crippen molar-refractivity contribution in [2.75, 3.05) is 26.9 Å². The van der Waals surface area contributed by atoms with Crippen LogP contribution in [0.5, 0.6) is 0 Å². The van der Waals surface area contributed by atoms with Gasteiger partial charge in [-0.1, -0.05) is 12.1 Å². The molecular weight excluding hydrogens is 270 g/mol. The number of rotatable bonds is 8. The summed E-state index contributed by atoms with van der Waals surface area (Å²) in [6, 6.07) is 0.458. The molecule has 0 bridgehead atoms. The first-order valence-electron chi connectivity index (χ1n) is 7.89. The molecule has 6 nitrogen and oxygen atoms in total. The third kappa shape index (κ3) is 4.25. The Bertz CT molecular complexity index is 416. The molecule has 0 saturated carbocycles. The number of aromatic nitrogens is 2. The second-order valence-electron chi connectivity index (χ2n) is 5.72. The van der Waals surface area contributed by atoms with Crippen LogP contribution in [0, 0.1) is 0 Å². The fraction of sp³-hybridized carbons (Fsp3) is 0.867.